The van der Waals surface area contributed by atoms with Crippen LogP contribution in [0.25, 0.3) is 0 Å². The van der Waals surface area contributed by atoms with Crippen molar-refractivity contribution in [3.63, 3.8) is 0 Å². The Bertz CT molecular complexity index is 508. The Morgan fingerprint density at radius 1 is 1.04 bits per heavy atom. The lowest BCUT2D eigenvalue weighted by molar-refractivity contribution is -0.115. The van der Waals surface area contributed by atoms with Gasteiger partial charge in [-0.1, -0.05) is 20.8 Å². The average Bonchev–Trinajstić information content (AvgIpc) is 2.59. The van der Waals surface area contributed by atoms with Gasteiger partial charge >= 0.3 is 0 Å². The third kappa shape index (κ3) is 6.71. The second-order valence-corrected chi connectivity index (χ2v) is 6.11. The van der Waals surface area contributed by atoms with Crippen LogP contribution >= 0.6 is 0 Å². The monoisotopic (exact) mass is 333 g/mol. The maximum Gasteiger partial charge on any atom is 0.253 e. The predicted octanol–water partition coefficient (Wildman–Crippen LogP) is 3.28. The van der Waals surface area contributed by atoms with E-state index in [-0.39, 0.29) is 18.4 Å². The van der Waals surface area contributed by atoms with Gasteiger partial charge in [0.1, 0.15) is 0 Å². The van der Waals surface area contributed by atoms with Crippen LogP contribution in [0.2, 0.25) is 0 Å². The van der Waals surface area contributed by atoms with Crippen LogP contribution in [0.4, 0.5) is 5.69 Å². The number of nitrogens with zero attached hydrogens (tertiary/aromatic N) is 1. The summed E-state index contributed by atoms with van der Waals surface area (Å²) in [7, 11) is 0. The van der Waals surface area contributed by atoms with E-state index in [1.54, 1.807) is 24.3 Å². The van der Waals surface area contributed by atoms with Crippen molar-refractivity contribution >= 4 is 17.5 Å². The number of amides is 2. The van der Waals surface area contributed by atoms with Crippen LogP contribution < -0.4 is 10.6 Å². The van der Waals surface area contributed by atoms with Gasteiger partial charge in [0.25, 0.3) is 5.91 Å². The van der Waals surface area contributed by atoms with E-state index in [9.17, 15) is 9.59 Å². The molecule has 1 unspecified atom stereocenters. The van der Waals surface area contributed by atoms with Crippen LogP contribution in [0.1, 0.15) is 57.3 Å². The smallest absolute Gasteiger partial charge is 0.253 e. The predicted molar refractivity (Wildman–Crippen MR) is 99.3 cm³/mol. The van der Waals surface area contributed by atoms with E-state index in [0.29, 0.717) is 17.3 Å². The quantitative estimate of drug-likeness (QED) is 0.691. The highest BCUT2D eigenvalue weighted by Gasteiger charge is 2.14. The SMILES string of the molecule is CCCN(CCC)C(=O)c1ccc(NC(=O)CNC(C)CC)cc1. The van der Waals surface area contributed by atoms with Gasteiger partial charge in [-0.3, -0.25) is 9.59 Å². The lowest BCUT2D eigenvalue weighted by Gasteiger charge is -2.21. The second kappa shape index (κ2) is 10.8. The van der Waals surface area contributed by atoms with Crippen molar-refractivity contribution in [1.29, 1.82) is 0 Å². The van der Waals surface area contributed by atoms with Gasteiger partial charge in [0.15, 0.2) is 0 Å². The van der Waals surface area contributed by atoms with Crippen LogP contribution in [-0.2, 0) is 4.79 Å². The van der Waals surface area contributed by atoms with Crippen molar-refractivity contribution in [1.82, 2.24) is 10.2 Å². The molecular weight excluding hydrogens is 302 g/mol. The van der Waals surface area contributed by atoms with Gasteiger partial charge in [-0.2, -0.15) is 0 Å². The molecule has 1 atom stereocenters. The van der Waals surface area contributed by atoms with E-state index in [0.717, 1.165) is 32.4 Å². The first-order valence-electron chi connectivity index (χ1n) is 8.94. The number of rotatable bonds is 10. The third-order valence-electron chi connectivity index (χ3n) is 3.91. The molecule has 0 bridgehead atoms. The summed E-state index contributed by atoms with van der Waals surface area (Å²) in [5.74, 6) is -0.0250. The van der Waals surface area contributed by atoms with E-state index in [4.69, 9.17) is 0 Å². The van der Waals surface area contributed by atoms with E-state index in [1.165, 1.54) is 0 Å². The summed E-state index contributed by atoms with van der Waals surface area (Å²) in [4.78, 5) is 26.3. The molecule has 1 aromatic rings. The first-order chi connectivity index (χ1) is 11.5. The maximum atomic E-state index is 12.5. The highest BCUT2D eigenvalue weighted by atomic mass is 16.2. The fraction of sp³-hybridized carbons (Fsp3) is 0.579. The number of carbonyl (C=O) groups is 2. The van der Waals surface area contributed by atoms with Crippen LogP contribution in [-0.4, -0.2) is 42.4 Å². The lowest BCUT2D eigenvalue weighted by Crippen LogP contribution is -2.34. The molecule has 0 saturated carbocycles. The number of anilines is 1. The van der Waals surface area contributed by atoms with Crippen LogP contribution in [0.15, 0.2) is 24.3 Å². The molecule has 0 aliphatic carbocycles. The minimum Gasteiger partial charge on any atom is -0.339 e. The van der Waals surface area contributed by atoms with E-state index in [1.807, 2.05) is 11.8 Å². The molecule has 0 heterocycles. The summed E-state index contributed by atoms with van der Waals surface area (Å²) < 4.78 is 0. The molecule has 0 fully saturated rings. The van der Waals surface area contributed by atoms with E-state index < -0.39 is 0 Å². The Balaban J connectivity index is 2.61. The zero-order valence-electron chi connectivity index (χ0n) is 15.4. The molecule has 0 spiro atoms. The van der Waals surface area contributed by atoms with Gasteiger partial charge in [-0.15, -0.1) is 0 Å². The average molecular weight is 333 g/mol. The standard InChI is InChI=1S/C19H31N3O2/c1-5-12-22(13-6-2)19(24)16-8-10-17(11-9-16)21-18(23)14-20-15(4)7-3/h8-11,15,20H,5-7,12-14H2,1-4H3,(H,21,23). The molecule has 0 saturated heterocycles. The number of carbonyl (C=O) groups excluding carboxylic acids is 2. The molecule has 0 aliphatic heterocycles. The molecule has 0 aromatic heterocycles. The van der Waals surface area contributed by atoms with Gasteiger partial charge in [-0.25, -0.2) is 0 Å². The zero-order chi connectivity index (χ0) is 17.9. The normalized spacial score (nSPS) is 11.8. The third-order valence-corrected chi connectivity index (χ3v) is 3.91. The van der Waals surface area contributed by atoms with Gasteiger partial charge in [0.05, 0.1) is 6.54 Å². The van der Waals surface area contributed by atoms with Crippen molar-refractivity contribution in [2.75, 3.05) is 25.0 Å². The largest absolute Gasteiger partial charge is 0.339 e. The molecule has 1 aromatic carbocycles. The summed E-state index contributed by atoms with van der Waals surface area (Å²) in [5, 5.41) is 5.99. The van der Waals surface area contributed by atoms with Crippen molar-refractivity contribution in [3.8, 4) is 0 Å². The molecule has 5 heteroatoms. The molecular formula is C19H31N3O2. The first kappa shape index (κ1) is 20.2. The Morgan fingerprint density at radius 2 is 1.62 bits per heavy atom. The summed E-state index contributed by atoms with van der Waals surface area (Å²) in [5.41, 5.74) is 1.37. The number of nitrogens with one attached hydrogen (secondary N) is 2. The van der Waals surface area contributed by atoms with Crippen molar-refractivity contribution < 1.29 is 9.59 Å². The first-order valence-corrected chi connectivity index (χ1v) is 8.94. The summed E-state index contributed by atoms with van der Waals surface area (Å²) in [6.07, 6.45) is 2.88. The number of benzene rings is 1. The second-order valence-electron chi connectivity index (χ2n) is 6.11. The minimum absolute atomic E-state index is 0.0509. The Hall–Kier alpha value is -1.88. The van der Waals surface area contributed by atoms with E-state index >= 15 is 0 Å². The van der Waals surface area contributed by atoms with Crippen LogP contribution in [0.5, 0.6) is 0 Å². The molecule has 0 radical (unpaired) electrons. The van der Waals surface area contributed by atoms with Gasteiger partial charge in [0.2, 0.25) is 5.91 Å². The van der Waals surface area contributed by atoms with Crippen molar-refractivity contribution in [2.45, 2.75) is 53.0 Å². The van der Waals surface area contributed by atoms with Crippen molar-refractivity contribution in [3.05, 3.63) is 29.8 Å². The minimum atomic E-state index is -0.0760. The molecule has 134 valence electrons. The molecule has 1 rings (SSSR count). The lowest BCUT2D eigenvalue weighted by atomic mass is 10.1. The van der Waals surface area contributed by atoms with Crippen LogP contribution in [0, 0.1) is 0 Å². The molecule has 0 aliphatic rings. The summed E-state index contributed by atoms with van der Waals surface area (Å²) in [6.45, 7) is 10.1. The Morgan fingerprint density at radius 3 is 2.12 bits per heavy atom. The van der Waals surface area contributed by atoms with Gasteiger partial charge < -0.3 is 15.5 Å². The topological polar surface area (TPSA) is 61.4 Å². The van der Waals surface area contributed by atoms with Gasteiger partial charge in [-0.05, 0) is 50.5 Å². The summed E-state index contributed by atoms with van der Waals surface area (Å²) >= 11 is 0. The number of hydrogen-bond acceptors (Lipinski definition) is 3. The van der Waals surface area contributed by atoms with Crippen molar-refractivity contribution in [2.24, 2.45) is 0 Å². The molecule has 2 amide bonds. The summed E-state index contributed by atoms with van der Waals surface area (Å²) in [6, 6.07) is 7.44. The van der Waals surface area contributed by atoms with Gasteiger partial charge in [0, 0.05) is 30.4 Å². The zero-order valence-corrected chi connectivity index (χ0v) is 15.4. The Kier molecular flexibility index (Phi) is 9.08. The maximum absolute atomic E-state index is 12.5. The van der Waals surface area contributed by atoms with E-state index in [2.05, 4.69) is 31.4 Å². The molecule has 24 heavy (non-hydrogen) atoms. The fourth-order valence-electron chi connectivity index (χ4n) is 2.35. The molecule has 5 nitrogen and oxygen atoms in total. The molecule has 2 N–H and O–H groups in total. The Labute approximate surface area is 145 Å². The van der Waals surface area contributed by atoms with Crippen LogP contribution in [0.3, 0.4) is 0 Å². The fourth-order valence-corrected chi connectivity index (χ4v) is 2.35. The number of hydrogen-bond donors (Lipinski definition) is 2. The highest BCUT2D eigenvalue weighted by Crippen LogP contribution is 2.12. The highest BCUT2D eigenvalue weighted by molar-refractivity contribution is 5.96.